The van der Waals surface area contributed by atoms with Gasteiger partial charge >= 0.3 is 0 Å². The van der Waals surface area contributed by atoms with Crippen LogP contribution in [0.5, 0.6) is 0 Å². The fraction of sp³-hybridized carbons (Fsp3) is 0.320. The summed E-state index contributed by atoms with van der Waals surface area (Å²) in [6, 6.07) is 11.1. The summed E-state index contributed by atoms with van der Waals surface area (Å²) in [7, 11) is -3.54. The highest BCUT2D eigenvalue weighted by molar-refractivity contribution is 7.92. The molecule has 0 atom stereocenters. The van der Waals surface area contributed by atoms with Crippen molar-refractivity contribution in [1.29, 1.82) is 0 Å². The van der Waals surface area contributed by atoms with Gasteiger partial charge in [0.2, 0.25) is 5.91 Å². The molecule has 0 spiro atoms. The number of hydrogen-bond donors (Lipinski definition) is 2. The molecule has 0 unspecified atom stereocenters. The van der Waals surface area contributed by atoms with E-state index in [9.17, 15) is 18.0 Å². The number of anilines is 1. The molecule has 0 bridgehead atoms. The second-order valence-corrected chi connectivity index (χ2v) is 11.7. The van der Waals surface area contributed by atoms with Crippen LogP contribution in [0.1, 0.15) is 50.7 Å². The van der Waals surface area contributed by atoms with Crippen molar-refractivity contribution in [2.75, 3.05) is 11.9 Å². The molecule has 0 aliphatic heterocycles. The van der Waals surface area contributed by atoms with E-state index < -0.39 is 26.9 Å². The van der Waals surface area contributed by atoms with E-state index in [-0.39, 0.29) is 19.9 Å². The maximum atomic E-state index is 12.7. The van der Waals surface area contributed by atoms with Gasteiger partial charge in [-0.05, 0) is 62.9 Å². The zero-order valence-corrected chi connectivity index (χ0v) is 21.6. The SMILES string of the molecule is CCc1cccc(-c2csc(NC(=O)CNC(=O)c3cc(S(=O)(=O)C(C)C)c(C)cc3C)n2)c1.[HH].[HH]. The topological polar surface area (TPSA) is 105 Å². The molecular formula is C25H33N3O4S2. The first-order valence-electron chi connectivity index (χ1n) is 11.0. The number of aromatic nitrogens is 1. The van der Waals surface area contributed by atoms with Crippen LogP contribution in [0.2, 0.25) is 0 Å². The molecule has 34 heavy (non-hydrogen) atoms. The molecule has 0 aliphatic carbocycles. The van der Waals surface area contributed by atoms with Crippen molar-refractivity contribution < 1.29 is 20.9 Å². The Morgan fingerprint density at radius 2 is 1.85 bits per heavy atom. The number of carbonyl (C=O) groups is 2. The zero-order valence-electron chi connectivity index (χ0n) is 19.9. The molecular weight excluding hydrogens is 470 g/mol. The van der Waals surface area contributed by atoms with Gasteiger partial charge in [-0.25, -0.2) is 13.4 Å². The van der Waals surface area contributed by atoms with Crippen LogP contribution in [-0.4, -0.2) is 37.0 Å². The quantitative estimate of drug-likeness (QED) is 0.448. The van der Waals surface area contributed by atoms with E-state index in [0.717, 1.165) is 17.7 Å². The molecule has 184 valence electrons. The first-order chi connectivity index (χ1) is 16.0. The number of amides is 2. The molecule has 0 saturated carbocycles. The van der Waals surface area contributed by atoms with Gasteiger partial charge in [-0.2, -0.15) is 0 Å². The van der Waals surface area contributed by atoms with E-state index in [4.69, 9.17) is 0 Å². The maximum Gasteiger partial charge on any atom is 0.252 e. The Morgan fingerprint density at radius 1 is 1.12 bits per heavy atom. The van der Waals surface area contributed by atoms with Crippen LogP contribution in [0.15, 0.2) is 46.7 Å². The van der Waals surface area contributed by atoms with Crippen molar-refractivity contribution in [2.24, 2.45) is 0 Å². The molecule has 0 fully saturated rings. The minimum absolute atomic E-state index is 0. The summed E-state index contributed by atoms with van der Waals surface area (Å²) in [6.07, 6.45) is 0.923. The molecule has 7 nitrogen and oxygen atoms in total. The highest BCUT2D eigenvalue weighted by Gasteiger charge is 2.24. The first-order valence-corrected chi connectivity index (χ1v) is 13.4. The summed E-state index contributed by atoms with van der Waals surface area (Å²) in [5, 5.41) is 6.97. The third kappa shape index (κ3) is 5.71. The summed E-state index contributed by atoms with van der Waals surface area (Å²) in [6.45, 7) is 8.46. The Morgan fingerprint density at radius 3 is 2.53 bits per heavy atom. The Bertz CT molecular complexity index is 1340. The van der Waals surface area contributed by atoms with Gasteiger partial charge in [0.1, 0.15) is 0 Å². The number of aryl methyl sites for hydroxylation is 3. The third-order valence-electron chi connectivity index (χ3n) is 5.48. The summed E-state index contributed by atoms with van der Waals surface area (Å²) >= 11 is 1.31. The number of carbonyl (C=O) groups excluding carboxylic acids is 2. The molecule has 1 aromatic heterocycles. The van der Waals surface area contributed by atoms with Crippen LogP contribution < -0.4 is 10.6 Å². The van der Waals surface area contributed by atoms with Crippen molar-refractivity contribution in [1.82, 2.24) is 10.3 Å². The van der Waals surface area contributed by atoms with E-state index >= 15 is 0 Å². The Hall–Kier alpha value is -3.04. The zero-order chi connectivity index (χ0) is 25.0. The Kier molecular flexibility index (Phi) is 7.89. The van der Waals surface area contributed by atoms with Gasteiger partial charge in [0.05, 0.1) is 22.4 Å². The van der Waals surface area contributed by atoms with Crippen molar-refractivity contribution >= 4 is 38.1 Å². The monoisotopic (exact) mass is 503 g/mol. The fourth-order valence-corrected chi connectivity index (χ4v) is 5.50. The van der Waals surface area contributed by atoms with Crippen molar-refractivity contribution in [3.8, 4) is 11.3 Å². The van der Waals surface area contributed by atoms with E-state index in [2.05, 4.69) is 34.7 Å². The van der Waals surface area contributed by atoms with Crippen LogP contribution in [-0.2, 0) is 21.1 Å². The van der Waals surface area contributed by atoms with Crippen LogP contribution in [0.4, 0.5) is 5.13 Å². The van der Waals surface area contributed by atoms with E-state index in [1.54, 1.807) is 33.8 Å². The number of nitrogens with one attached hydrogen (secondary N) is 2. The smallest absolute Gasteiger partial charge is 0.252 e. The van der Waals surface area contributed by atoms with Gasteiger partial charge in [-0.1, -0.05) is 31.2 Å². The lowest BCUT2D eigenvalue weighted by atomic mass is 10.1. The van der Waals surface area contributed by atoms with Crippen molar-refractivity contribution in [3.63, 3.8) is 0 Å². The normalized spacial score (nSPS) is 11.5. The second kappa shape index (κ2) is 10.5. The first kappa shape index (κ1) is 25.6. The fourth-order valence-electron chi connectivity index (χ4n) is 3.47. The van der Waals surface area contributed by atoms with Gasteiger partial charge in [0.25, 0.3) is 5.91 Å². The number of rotatable bonds is 8. The summed E-state index contributed by atoms with van der Waals surface area (Å²) in [5.41, 5.74) is 4.40. The maximum absolute atomic E-state index is 12.7. The highest BCUT2D eigenvalue weighted by atomic mass is 32.2. The van der Waals surface area contributed by atoms with E-state index in [1.807, 2.05) is 17.5 Å². The van der Waals surface area contributed by atoms with Crippen molar-refractivity contribution in [3.05, 3.63) is 64.0 Å². The Balaban J connectivity index is 0.00000324. The van der Waals surface area contributed by atoms with Gasteiger partial charge in [0.15, 0.2) is 15.0 Å². The lowest BCUT2D eigenvalue weighted by molar-refractivity contribution is -0.115. The molecule has 3 rings (SSSR count). The molecule has 2 aromatic carbocycles. The second-order valence-electron chi connectivity index (χ2n) is 8.35. The number of hydrogen-bond acceptors (Lipinski definition) is 6. The molecule has 3 aromatic rings. The average molecular weight is 504 g/mol. The van der Waals surface area contributed by atoms with E-state index in [0.29, 0.717) is 16.3 Å². The predicted molar refractivity (Wildman–Crippen MR) is 140 cm³/mol. The van der Waals surface area contributed by atoms with Crippen LogP contribution in [0.3, 0.4) is 0 Å². The van der Waals surface area contributed by atoms with Crippen LogP contribution in [0.25, 0.3) is 11.3 Å². The molecule has 1 heterocycles. The molecule has 2 N–H and O–H groups in total. The lowest BCUT2D eigenvalue weighted by Gasteiger charge is -2.14. The largest absolute Gasteiger partial charge is 0.343 e. The highest BCUT2D eigenvalue weighted by Crippen LogP contribution is 2.26. The minimum atomic E-state index is -3.54. The van der Waals surface area contributed by atoms with Crippen molar-refractivity contribution in [2.45, 2.75) is 51.2 Å². The molecule has 0 saturated heterocycles. The number of sulfone groups is 1. The number of benzene rings is 2. The Labute approximate surface area is 207 Å². The standard InChI is InChI=1S/C25H29N3O4S2.2H2/c1-6-18-8-7-9-19(11-18)21-14-33-25(27-21)28-23(29)13-26-24(30)20-12-22(17(5)10-16(20)4)34(31,32)15(2)3;;/h7-12,14-15H,6,13H2,1-5H3,(H,26,30)(H,27,28,29);2*1H. The van der Waals surface area contributed by atoms with Crippen LogP contribution >= 0.6 is 11.3 Å². The van der Waals surface area contributed by atoms with Gasteiger partial charge < -0.3 is 10.6 Å². The molecule has 2 amide bonds. The van der Waals surface area contributed by atoms with Gasteiger partial charge in [-0.15, -0.1) is 11.3 Å². The third-order valence-corrected chi connectivity index (χ3v) is 8.54. The lowest BCUT2D eigenvalue weighted by Crippen LogP contribution is -2.33. The van der Waals surface area contributed by atoms with E-state index in [1.165, 1.54) is 23.0 Å². The van der Waals surface area contributed by atoms with Gasteiger partial charge in [0, 0.05) is 19.4 Å². The molecule has 0 aliphatic rings. The minimum Gasteiger partial charge on any atom is -0.343 e. The van der Waals surface area contributed by atoms with Crippen LogP contribution in [0, 0.1) is 13.8 Å². The summed E-state index contributed by atoms with van der Waals surface area (Å²) < 4.78 is 25.3. The molecule has 0 radical (unpaired) electrons. The number of nitrogens with zero attached hydrogens (tertiary/aromatic N) is 1. The summed E-state index contributed by atoms with van der Waals surface area (Å²) in [4.78, 5) is 29.7. The summed E-state index contributed by atoms with van der Waals surface area (Å²) in [5.74, 6) is -0.930. The number of thiazole rings is 1. The predicted octanol–water partition coefficient (Wildman–Crippen LogP) is 5.03. The average Bonchev–Trinajstić information content (AvgIpc) is 3.25. The molecule has 9 heteroatoms. The van der Waals surface area contributed by atoms with Gasteiger partial charge in [-0.3, -0.25) is 9.59 Å².